The molecule has 2 atom stereocenters. The Labute approximate surface area is 61.0 Å². The topological polar surface area (TPSA) is 29.1 Å². The van der Waals surface area contributed by atoms with Crippen LogP contribution in [0.4, 0.5) is 0 Å². The van der Waals surface area contributed by atoms with Gasteiger partial charge in [0.25, 0.3) is 0 Å². The predicted octanol–water partition coefficient (Wildman–Crippen LogP) is 0.575. The van der Waals surface area contributed by atoms with E-state index in [2.05, 4.69) is 12.2 Å². The van der Waals surface area contributed by atoms with E-state index in [1.807, 2.05) is 0 Å². The van der Waals surface area contributed by atoms with Crippen molar-refractivity contribution in [1.29, 1.82) is 0 Å². The van der Waals surface area contributed by atoms with Crippen molar-refractivity contribution in [2.24, 2.45) is 11.3 Å². The van der Waals surface area contributed by atoms with Crippen molar-refractivity contribution in [3.63, 3.8) is 0 Å². The fourth-order valence-electron chi connectivity index (χ4n) is 2.15. The molecule has 1 saturated heterocycles. The molecule has 0 radical (unpaired) electrons. The Morgan fingerprint density at radius 1 is 1.70 bits per heavy atom. The lowest BCUT2D eigenvalue weighted by Crippen LogP contribution is -2.48. The quantitative estimate of drug-likeness (QED) is 0.531. The molecule has 0 aromatic heterocycles. The number of hydrogen-bond acceptors (Lipinski definition) is 2. The smallest absolute Gasteiger partial charge is 0.136 e. The van der Waals surface area contributed by atoms with Crippen LogP contribution in [0.1, 0.15) is 19.8 Å². The Kier molecular flexibility index (Phi) is 1.15. The van der Waals surface area contributed by atoms with Gasteiger partial charge in [-0.1, -0.05) is 6.92 Å². The maximum atomic E-state index is 11.0. The molecule has 56 valence electrons. The van der Waals surface area contributed by atoms with E-state index >= 15 is 0 Å². The summed E-state index contributed by atoms with van der Waals surface area (Å²) in [6.07, 6.45) is 2.04. The highest BCUT2D eigenvalue weighted by Gasteiger charge is 2.51. The van der Waals surface area contributed by atoms with E-state index in [9.17, 15) is 4.79 Å². The molecule has 10 heavy (non-hydrogen) atoms. The second-order valence-electron chi connectivity index (χ2n) is 3.65. The molecule has 0 amide bonds. The minimum Gasteiger partial charge on any atom is -0.316 e. The second-order valence-corrected chi connectivity index (χ2v) is 3.65. The summed E-state index contributed by atoms with van der Waals surface area (Å²) in [5, 5.41) is 3.31. The second kappa shape index (κ2) is 1.82. The molecular weight excluding hydrogens is 126 g/mol. The van der Waals surface area contributed by atoms with Gasteiger partial charge in [0.05, 0.1) is 0 Å². The van der Waals surface area contributed by atoms with Gasteiger partial charge in [-0.25, -0.2) is 0 Å². The van der Waals surface area contributed by atoms with Crippen LogP contribution >= 0.6 is 0 Å². The Bertz CT molecular complexity index is 170. The zero-order valence-electron chi connectivity index (χ0n) is 6.31. The van der Waals surface area contributed by atoms with E-state index in [0.29, 0.717) is 17.1 Å². The highest BCUT2D eigenvalue weighted by molar-refractivity contribution is 5.88. The molecule has 1 spiro atoms. The lowest BCUT2D eigenvalue weighted by Gasteiger charge is -2.42. The van der Waals surface area contributed by atoms with Gasteiger partial charge in [-0.2, -0.15) is 0 Å². The van der Waals surface area contributed by atoms with Gasteiger partial charge >= 0.3 is 0 Å². The minimum absolute atomic E-state index is 0.336. The summed E-state index contributed by atoms with van der Waals surface area (Å²) in [7, 11) is 0. The third kappa shape index (κ3) is 0.601. The van der Waals surface area contributed by atoms with Crippen LogP contribution < -0.4 is 5.32 Å². The van der Waals surface area contributed by atoms with E-state index in [4.69, 9.17) is 0 Å². The number of Topliss-reactive ketones (excluding diaryl/α,β-unsaturated/α-hetero) is 1. The van der Waals surface area contributed by atoms with Crippen LogP contribution in [-0.4, -0.2) is 18.9 Å². The third-order valence-electron chi connectivity index (χ3n) is 3.20. The zero-order valence-corrected chi connectivity index (χ0v) is 6.31. The monoisotopic (exact) mass is 139 g/mol. The maximum absolute atomic E-state index is 11.0. The molecule has 2 rings (SSSR count). The molecule has 2 heteroatoms. The number of ketones is 1. The van der Waals surface area contributed by atoms with E-state index in [0.717, 1.165) is 19.5 Å². The molecule has 0 bridgehead atoms. The Hall–Kier alpha value is -0.370. The van der Waals surface area contributed by atoms with Gasteiger partial charge in [0, 0.05) is 24.3 Å². The summed E-state index contributed by atoms with van der Waals surface area (Å²) in [6.45, 7) is 4.25. The van der Waals surface area contributed by atoms with Gasteiger partial charge in [0.1, 0.15) is 5.78 Å². The lowest BCUT2D eigenvalue weighted by atomic mass is 9.59. The average Bonchev–Trinajstić information content (AvgIpc) is 2.38. The van der Waals surface area contributed by atoms with Crippen LogP contribution in [-0.2, 0) is 4.79 Å². The highest BCUT2D eigenvalue weighted by atomic mass is 16.1. The third-order valence-corrected chi connectivity index (χ3v) is 3.20. The van der Waals surface area contributed by atoms with Gasteiger partial charge in [0.2, 0.25) is 0 Å². The zero-order chi connectivity index (χ0) is 7.19. The van der Waals surface area contributed by atoms with Crippen LogP contribution in [0.2, 0.25) is 0 Å². The van der Waals surface area contributed by atoms with Gasteiger partial charge in [-0.3, -0.25) is 4.79 Å². The number of carbonyl (C=O) groups is 1. The lowest BCUT2D eigenvalue weighted by molar-refractivity contribution is -0.140. The van der Waals surface area contributed by atoms with E-state index in [-0.39, 0.29) is 0 Å². The fraction of sp³-hybridized carbons (Fsp3) is 0.875. The number of hydrogen-bond donors (Lipinski definition) is 1. The van der Waals surface area contributed by atoms with E-state index < -0.39 is 0 Å². The average molecular weight is 139 g/mol. The van der Waals surface area contributed by atoms with Gasteiger partial charge in [-0.05, 0) is 13.0 Å². The molecule has 0 aromatic rings. The van der Waals surface area contributed by atoms with Crippen molar-refractivity contribution in [3.8, 4) is 0 Å². The van der Waals surface area contributed by atoms with Crippen molar-refractivity contribution in [2.75, 3.05) is 13.1 Å². The first-order chi connectivity index (χ1) is 4.75. The molecule has 1 aliphatic heterocycles. The van der Waals surface area contributed by atoms with Crippen LogP contribution in [0.15, 0.2) is 0 Å². The van der Waals surface area contributed by atoms with Crippen molar-refractivity contribution in [3.05, 3.63) is 0 Å². The SMILES string of the molecule is CC1C(=O)CC12CCNC2. The Morgan fingerprint density at radius 2 is 2.50 bits per heavy atom. The van der Waals surface area contributed by atoms with Crippen molar-refractivity contribution in [2.45, 2.75) is 19.8 Å². The molecule has 1 N–H and O–H groups in total. The molecule has 2 nitrogen and oxygen atoms in total. The Morgan fingerprint density at radius 3 is 2.90 bits per heavy atom. The summed E-state index contributed by atoms with van der Waals surface area (Å²) in [6, 6.07) is 0. The molecule has 2 unspecified atom stereocenters. The summed E-state index contributed by atoms with van der Waals surface area (Å²) in [5.41, 5.74) is 0.386. The number of rotatable bonds is 0. The maximum Gasteiger partial charge on any atom is 0.136 e. The molecule has 1 aliphatic carbocycles. The van der Waals surface area contributed by atoms with E-state index in [1.54, 1.807) is 0 Å². The van der Waals surface area contributed by atoms with Crippen molar-refractivity contribution >= 4 is 5.78 Å². The molecule has 2 aliphatic rings. The summed E-state index contributed by atoms with van der Waals surface area (Å²) in [4.78, 5) is 11.0. The first-order valence-electron chi connectivity index (χ1n) is 3.98. The summed E-state index contributed by atoms with van der Waals surface area (Å²) in [5.74, 6) is 0.797. The first kappa shape index (κ1) is 6.35. The standard InChI is InChI=1S/C8H13NO/c1-6-7(10)4-8(6)2-3-9-5-8/h6,9H,2-5H2,1H3. The van der Waals surface area contributed by atoms with Gasteiger partial charge < -0.3 is 5.32 Å². The Balaban J connectivity index is 2.12. The van der Waals surface area contributed by atoms with Crippen molar-refractivity contribution < 1.29 is 4.79 Å². The highest BCUT2D eigenvalue weighted by Crippen LogP contribution is 2.47. The molecule has 1 saturated carbocycles. The van der Waals surface area contributed by atoms with Crippen LogP contribution in [0.5, 0.6) is 0 Å². The van der Waals surface area contributed by atoms with Crippen LogP contribution in [0.3, 0.4) is 0 Å². The van der Waals surface area contributed by atoms with Crippen molar-refractivity contribution in [1.82, 2.24) is 5.32 Å². The van der Waals surface area contributed by atoms with Gasteiger partial charge in [0.15, 0.2) is 0 Å². The van der Waals surface area contributed by atoms with E-state index in [1.165, 1.54) is 6.42 Å². The molecule has 1 heterocycles. The fourth-order valence-corrected chi connectivity index (χ4v) is 2.15. The molecule has 2 fully saturated rings. The minimum atomic E-state index is 0.336. The number of carbonyl (C=O) groups excluding carboxylic acids is 1. The number of nitrogens with one attached hydrogen (secondary N) is 1. The first-order valence-corrected chi connectivity index (χ1v) is 3.98. The molecule has 0 aromatic carbocycles. The van der Waals surface area contributed by atoms with Crippen LogP contribution in [0, 0.1) is 11.3 Å². The predicted molar refractivity (Wildman–Crippen MR) is 38.7 cm³/mol. The van der Waals surface area contributed by atoms with Crippen LogP contribution in [0.25, 0.3) is 0 Å². The summed E-state index contributed by atoms with van der Waals surface area (Å²) >= 11 is 0. The summed E-state index contributed by atoms with van der Waals surface area (Å²) < 4.78 is 0. The molecular formula is C8H13NO. The largest absolute Gasteiger partial charge is 0.316 e. The van der Waals surface area contributed by atoms with Gasteiger partial charge in [-0.15, -0.1) is 0 Å². The normalized spacial score (nSPS) is 46.1.